The standard InChI is InChI=1S/C15H19NO5/c1-16-13(17)7-5-10(15(18)19)14(16)9-4-6-11(20-2)12(8-9)21-3/h4,6,8,10,14H,5,7H2,1-3H3,(H,18,19). The predicted molar refractivity (Wildman–Crippen MR) is 75.4 cm³/mol. The lowest BCUT2D eigenvalue weighted by molar-refractivity contribution is -0.150. The van der Waals surface area contributed by atoms with E-state index in [1.165, 1.54) is 19.1 Å². The number of carbonyl (C=O) groups excluding carboxylic acids is 1. The van der Waals surface area contributed by atoms with E-state index >= 15 is 0 Å². The van der Waals surface area contributed by atoms with Crippen LogP contribution in [0.4, 0.5) is 0 Å². The maximum absolute atomic E-state index is 11.9. The number of likely N-dealkylation sites (tertiary alicyclic amines) is 1. The molecule has 1 N–H and O–H groups in total. The fourth-order valence-corrected chi connectivity index (χ4v) is 2.79. The van der Waals surface area contributed by atoms with E-state index in [0.29, 0.717) is 17.9 Å². The summed E-state index contributed by atoms with van der Waals surface area (Å²) in [4.78, 5) is 24.9. The molecule has 6 heteroatoms. The predicted octanol–water partition coefficient (Wildman–Crippen LogP) is 1.70. The zero-order valence-electron chi connectivity index (χ0n) is 12.3. The number of methoxy groups -OCH3 is 2. The number of rotatable bonds is 4. The highest BCUT2D eigenvalue weighted by Gasteiger charge is 2.39. The first-order chi connectivity index (χ1) is 9.99. The second-order valence-electron chi connectivity index (χ2n) is 5.05. The van der Waals surface area contributed by atoms with Crippen molar-refractivity contribution in [3.05, 3.63) is 23.8 Å². The Bertz CT molecular complexity index is 557. The van der Waals surface area contributed by atoms with Crippen LogP contribution in [0.2, 0.25) is 0 Å². The van der Waals surface area contributed by atoms with Crippen molar-refractivity contribution in [1.82, 2.24) is 4.90 Å². The molecule has 1 aliphatic heterocycles. The first-order valence-corrected chi connectivity index (χ1v) is 6.70. The zero-order chi connectivity index (χ0) is 15.6. The monoisotopic (exact) mass is 293 g/mol. The highest BCUT2D eigenvalue weighted by molar-refractivity contribution is 5.81. The first-order valence-electron chi connectivity index (χ1n) is 6.70. The van der Waals surface area contributed by atoms with Crippen molar-refractivity contribution in [3.8, 4) is 11.5 Å². The third kappa shape index (κ3) is 2.79. The van der Waals surface area contributed by atoms with E-state index < -0.39 is 17.9 Å². The minimum absolute atomic E-state index is 0.0488. The van der Waals surface area contributed by atoms with Crippen LogP contribution in [0.15, 0.2) is 18.2 Å². The summed E-state index contributed by atoms with van der Waals surface area (Å²) in [5, 5.41) is 9.41. The van der Waals surface area contributed by atoms with Crippen molar-refractivity contribution in [3.63, 3.8) is 0 Å². The van der Waals surface area contributed by atoms with Gasteiger partial charge in [0, 0.05) is 13.5 Å². The summed E-state index contributed by atoms with van der Waals surface area (Å²) in [6, 6.07) is 4.73. The van der Waals surface area contributed by atoms with Gasteiger partial charge in [-0.15, -0.1) is 0 Å². The Morgan fingerprint density at radius 2 is 1.95 bits per heavy atom. The molecule has 0 spiro atoms. The quantitative estimate of drug-likeness (QED) is 0.914. The van der Waals surface area contributed by atoms with Gasteiger partial charge < -0.3 is 19.5 Å². The number of carboxylic acid groups (broad SMARTS) is 1. The van der Waals surface area contributed by atoms with Crippen LogP contribution in [0.1, 0.15) is 24.4 Å². The summed E-state index contributed by atoms with van der Waals surface area (Å²) in [5.74, 6) is -0.476. The number of carboxylic acids is 1. The molecule has 1 aliphatic rings. The number of amides is 1. The minimum atomic E-state index is -0.894. The van der Waals surface area contributed by atoms with Gasteiger partial charge in [0.15, 0.2) is 11.5 Å². The molecule has 2 rings (SSSR count). The topological polar surface area (TPSA) is 76.1 Å². The minimum Gasteiger partial charge on any atom is -0.493 e. The number of benzene rings is 1. The highest BCUT2D eigenvalue weighted by Crippen LogP contribution is 2.39. The number of nitrogens with zero attached hydrogens (tertiary/aromatic N) is 1. The molecule has 0 radical (unpaired) electrons. The average Bonchev–Trinajstić information content (AvgIpc) is 2.48. The molecule has 1 saturated heterocycles. The van der Waals surface area contributed by atoms with E-state index in [9.17, 15) is 14.7 Å². The largest absolute Gasteiger partial charge is 0.493 e. The van der Waals surface area contributed by atoms with E-state index in [1.807, 2.05) is 0 Å². The van der Waals surface area contributed by atoms with Gasteiger partial charge >= 0.3 is 5.97 Å². The second kappa shape index (κ2) is 6.03. The lowest BCUT2D eigenvalue weighted by Crippen LogP contribution is -2.43. The van der Waals surface area contributed by atoms with E-state index in [2.05, 4.69) is 0 Å². The molecule has 2 atom stereocenters. The Morgan fingerprint density at radius 3 is 2.52 bits per heavy atom. The van der Waals surface area contributed by atoms with Crippen LogP contribution >= 0.6 is 0 Å². The maximum Gasteiger partial charge on any atom is 0.308 e. The lowest BCUT2D eigenvalue weighted by atomic mass is 9.84. The van der Waals surface area contributed by atoms with Crippen molar-refractivity contribution >= 4 is 11.9 Å². The van der Waals surface area contributed by atoms with Crippen LogP contribution in [0.25, 0.3) is 0 Å². The van der Waals surface area contributed by atoms with Gasteiger partial charge in [-0.2, -0.15) is 0 Å². The van der Waals surface area contributed by atoms with E-state index in [4.69, 9.17) is 9.47 Å². The molecule has 1 fully saturated rings. The van der Waals surface area contributed by atoms with Crippen LogP contribution < -0.4 is 9.47 Å². The van der Waals surface area contributed by atoms with Crippen molar-refractivity contribution in [1.29, 1.82) is 0 Å². The molecule has 6 nitrogen and oxygen atoms in total. The third-order valence-electron chi connectivity index (χ3n) is 3.93. The molecule has 2 unspecified atom stereocenters. The Kier molecular flexibility index (Phi) is 4.35. The van der Waals surface area contributed by atoms with Crippen LogP contribution in [-0.2, 0) is 9.59 Å². The summed E-state index contributed by atoms with van der Waals surface area (Å²) in [6.07, 6.45) is 0.606. The Balaban J connectivity index is 2.44. The van der Waals surface area contributed by atoms with Gasteiger partial charge in [0.25, 0.3) is 0 Å². The zero-order valence-corrected chi connectivity index (χ0v) is 12.3. The van der Waals surface area contributed by atoms with Gasteiger partial charge in [-0.05, 0) is 24.1 Å². The number of hydrogen-bond acceptors (Lipinski definition) is 4. The molecule has 21 heavy (non-hydrogen) atoms. The molecule has 0 bridgehead atoms. The molecule has 0 saturated carbocycles. The van der Waals surface area contributed by atoms with Gasteiger partial charge in [0.1, 0.15) is 0 Å². The van der Waals surface area contributed by atoms with Crippen molar-refractivity contribution in [2.75, 3.05) is 21.3 Å². The van der Waals surface area contributed by atoms with Crippen LogP contribution in [0.5, 0.6) is 11.5 Å². The average molecular weight is 293 g/mol. The van der Waals surface area contributed by atoms with E-state index in [0.717, 1.165) is 5.56 Å². The summed E-state index contributed by atoms with van der Waals surface area (Å²) in [6.45, 7) is 0. The SMILES string of the molecule is COc1ccc(C2C(C(=O)O)CCC(=O)N2C)cc1OC. The third-order valence-corrected chi connectivity index (χ3v) is 3.93. The number of carbonyl (C=O) groups is 2. The van der Waals surface area contributed by atoms with Gasteiger partial charge in [-0.1, -0.05) is 6.07 Å². The molecule has 114 valence electrons. The fraction of sp³-hybridized carbons (Fsp3) is 0.467. The molecular formula is C15H19NO5. The van der Waals surface area contributed by atoms with Gasteiger partial charge in [-0.25, -0.2) is 0 Å². The number of piperidine rings is 1. The molecule has 1 amide bonds. The second-order valence-corrected chi connectivity index (χ2v) is 5.05. The van der Waals surface area contributed by atoms with Crippen molar-refractivity contribution in [2.24, 2.45) is 5.92 Å². The normalized spacial score (nSPS) is 22.0. The van der Waals surface area contributed by atoms with Crippen LogP contribution in [0, 0.1) is 5.92 Å². The number of aliphatic carboxylic acids is 1. The van der Waals surface area contributed by atoms with Gasteiger partial charge in [-0.3, -0.25) is 9.59 Å². The number of ether oxygens (including phenoxy) is 2. The van der Waals surface area contributed by atoms with E-state index in [1.54, 1.807) is 25.2 Å². The van der Waals surface area contributed by atoms with Gasteiger partial charge in [0.05, 0.1) is 26.2 Å². The lowest BCUT2D eigenvalue weighted by Gasteiger charge is -2.37. The highest BCUT2D eigenvalue weighted by atomic mass is 16.5. The number of hydrogen-bond donors (Lipinski definition) is 1. The molecule has 1 aromatic carbocycles. The maximum atomic E-state index is 11.9. The molecule has 0 aromatic heterocycles. The Morgan fingerprint density at radius 1 is 1.29 bits per heavy atom. The summed E-state index contributed by atoms with van der Waals surface area (Å²) in [5.41, 5.74) is 0.732. The van der Waals surface area contributed by atoms with E-state index in [-0.39, 0.29) is 12.3 Å². The smallest absolute Gasteiger partial charge is 0.308 e. The summed E-state index contributed by atoms with van der Waals surface area (Å²) in [7, 11) is 4.69. The molecule has 1 aromatic rings. The van der Waals surface area contributed by atoms with Crippen LogP contribution in [-0.4, -0.2) is 43.2 Å². The van der Waals surface area contributed by atoms with Crippen molar-refractivity contribution < 1.29 is 24.2 Å². The summed E-state index contributed by atoms with van der Waals surface area (Å²) < 4.78 is 10.4. The van der Waals surface area contributed by atoms with Crippen molar-refractivity contribution in [2.45, 2.75) is 18.9 Å². The Hall–Kier alpha value is -2.24. The Labute approximate surface area is 123 Å². The first kappa shape index (κ1) is 15.2. The fourth-order valence-electron chi connectivity index (χ4n) is 2.79. The van der Waals surface area contributed by atoms with Gasteiger partial charge in [0.2, 0.25) is 5.91 Å². The molecule has 0 aliphatic carbocycles. The van der Waals surface area contributed by atoms with Crippen LogP contribution in [0.3, 0.4) is 0 Å². The molecule has 1 heterocycles. The molecular weight excluding hydrogens is 274 g/mol. The summed E-state index contributed by atoms with van der Waals surface area (Å²) >= 11 is 0.